The van der Waals surface area contributed by atoms with E-state index >= 15 is 0 Å². The first-order valence-corrected chi connectivity index (χ1v) is 7.63. The molecule has 2 heterocycles. The fraction of sp³-hybridized carbons (Fsp3) is 0.267. The Hall–Kier alpha value is -1.89. The molecule has 0 fully saturated rings. The summed E-state index contributed by atoms with van der Waals surface area (Å²) in [6.45, 7) is 1.73. The molecule has 0 saturated heterocycles. The molecule has 116 valence electrons. The van der Waals surface area contributed by atoms with Crippen molar-refractivity contribution in [3.05, 3.63) is 46.9 Å². The van der Waals surface area contributed by atoms with Crippen LogP contribution in [0.4, 0.5) is 13.2 Å². The number of ether oxygens (including phenoxy) is 2. The van der Waals surface area contributed by atoms with Crippen LogP contribution < -0.4 is 9.47 Å². The summed E-state index contributed by atoms with van der Waals surface area (Å²) in [5.74, 6) is -1.66. The van der Waals surface area contributed by atoms with Crippen molar-refractivity contribution in [1.29, 1.82) is 0 Å². The quantitative estimate of drug-likeness (QED) is 0.625. The molecule has 0 radical (unpaired) electrons. The number of aromatic nitrogens is 1. The van der Waals surface area contributed by atoms with Crippen molar-refractivity contribution in [3.8, 4) is 11.5 Å². The maximum absolute atomic E-state index is 14.1. The van der Waals surface area contributed by atoms with Gasteiger partial charge in [-0.05, 0) is 24.1 Å². The Morgan fingerprint density at radius 2 is 1.91 bits per heavy atom. The summed E-state index contributed by atoms with van der Waals surface area (Å²) in [5.41, 5.74) is 0.568. The molecule has 0 unspecified atom stereocenters. The van der Waals surface area contributed by atoms with Gasteiger partial charge >= 0.3 is 0 Å². The van der Waals surface area contributed by atoms with E-state index < -0.39 is 17.6 Å². The van der Waals surface area contributed by atoms with Crippen LogP contribution in [0.25, 0.3) is 0 Å². The number of hydrogen-bond donors (Lipinski definition) is 0. The van der Waals surface area contributed by atoms with Crippen molar-refractivity contribution in [2.24, 2.45) is 0 Å². The van der Waals surface area contributed by atoms with E-state index in [0.717, 1.165) is 17.3 Å². The van der Waals surface area contributed by atoms with E-state index in [1.807, 2.05) is 0 Å². The van der Waals surface area contributed by atoms with E-state index in [2.05, 4.69) is 4.98 Å². The van der Waals surface area contributed by atoms with Crippen molar-refractivity contribution in [1.82, 2.24) is 4.98 Å². The van der Waals surface area contributed by atoms with Gasteiger partial charge < -0.3 is 9.47 Å². The van der Waals surface area contributed by atoms with Crippen molar-refractivity contribution in [3.63, 3.8) is 0 Å². The third-order valence-electron chi connectivity index (χ3n) is 3.26. The number of pyridine rings is 1. The maximum Gasteiger partial charge on any atom is 0.250 e. The van der Waals surface area contributed by atoms with Gasteiger partial charge in [0.25, 0.3) is 0 Å². The van der Waals surface area contributed by atoms with E-state index in [0.29, 0.717) is 17.3 Å². The molecule has 1 aliphatic rings. The van der Waals surface area contributed by atoms with Crippen molar-refractivity contribution >= 4 is 11.8 Å². The molecular weight excluding hydrogens is 315 g/mol. The van der Waals surface area contributed by atoms with Crippen LogP contribution in [0.15, 0.2) is 23.2 Å². The zero-order valence-electron chi connectivity index (χ0n) is 11.7. The second-order valence-electron chi connectivity index (χ2n) is 4.64. The van der Waals surface area contributed by atoms with Gasteiger partial charge in [-0.3, -0.25) is 0 Å². The second kappa shape index (κ2) is 6.08. The molecule has 3 nitrogen and oxygen atoms in total. The topological polar surface area (TPSA) is 31.4 Å². The maximum atomic E-state index is 14.1. The molecule has 7 heteroatoms. The van der Waals surface area contributed by atoms with Gasteiger partial charge in [0.2, 0.25) is 12.7 Å². The van der Waals surface area contributed by atoms with Crippen LogP contribution in [0.5, 0.6) is 11.5 Å². The largest absolute Gasteiger partial charge is 0.454 e. The molecule has 1 aliphatic heterocycles. The molecule has 0 aliphatic carbocycles. The number of halogens is 3. The zero-order valence-corrected chi connectivity index (χ0v) is 12.5. The summed E-state index contributed by atoms with van der Waals surface area (Å²) < 4.78 is 51.4. The fourth-order valence-electron chi connectivity index (χ4n) is 2.13. The summed E-state index contributed by atoms with van der Waals surface area (Å²) in [6, 6.07) is 5.33. The Morgan fingerprint density at radius 1 is 1.14 bits per heavy atom. The highest BCUT2D eigenvalue weighted by Gasteiger charge is 2.20. The Bertz CT molecular complexity index is 724. The SMILES string of the molecule is CCc1c(F)c(F)nc(SCc2ccc3c(c2)OCO3)c1F. The lowest BCUT2D eigenvalue weighted by Gasteiger charge is -2.08. The van der Waals surface area contributed by atoms with Gasteiger partial charge in [0.1, 0.15) is 5.03 Å². The second-order valence-corrected chi connectivity index (χ2v) is 5.61. The highest BCUT2D eigenvalue weighted by atomic mass is 32.2. The minimum absolute atomic E-state index is 0.0642. The van der Waals surface area contributed by atoms with Crippen molar-refractivity contribution < 1.29 is 22.6 Å². The molecule has 1 aromatic heterocycles. The summed E-state index contributed by atoms with van der Waals surface area (Å²) in [5, 5.41) is -0.145. The first-order chi connectivity index (χ1) is 10.6. The van der Waals surface area contributed by atoms with Crippen molar-refractivity contribution in [2.45, 2.75) is 24.1 Å². The lowest BCUT2D eigenvalue weighted by molar-refractivity contribution is 0.174. The highest BCUT2D eigenvalue weighted by molar-refractivity contribution is 7.98. The molecule has 0 spiro atoms. The van der Waals surface area contributed by atoms with Crippen molar-refractivity contribution in [2.75, 3.05) is 6.79 Å². The number of benzene rings is 1. The summed E-state index contributed by atoms with van der Waals surface area (Å²) in [4.78, 5) is 3.36. The van der Waals surface area contributed by atoms with Gasteiger partial charge in [-0.2, -0.15) is 4.39 Å². The lowest BCUT2D eigenvalue weighted by Crippen LogP contribution is -2.04. The number of nitrogens with zero attached hydrogens (tertiary/aromatic N) is 1. The van der Waals surface area contributed by atoms with Gasteiger partial charge in [0, 0.05) is 11.3 Å². The predicted octanol–water partition coefficient (Wildman–Crippen LogP) is 4.08. The first-order valence-electron chi connectivity index (χ1n) is 6.64. The molecule has 1 aromatic carbocycles. The number of fused-ring (bicyclic) bond motifs is 1. The smallest absolute Gasteiger partial charge is 0.250 e. The fourth-order valence-corrected chi connectivity index (χ4v) is 3.00. The van der Waals surface area contributed by atoms with E-state index in [9.17, 15) is 13.2 Å². The average Bonchev–Trinajstić information content (AvgIpc) is 2.98. The number of rotatable bonds is 4. The van der Waals surface area contributed by atoms with Crippen LogP contribution in [0.2, 0.25) is 0 Å². The minimum atomic E-state index is -1.27. The monoisotopic (exact) mass is 327 g/mol. The van der Waals surface area contributed by atoms with Crippen LogP contribution in [-0.4, -0.2) is 11.8 Å². The zero-order chi connectivity index (χ0) is 15.7. The third-order valence-corrected chi connectivity index (χ3v) is 4.29. The third kappa shape index (κ3) is 2.72. The molecule has 22 heavy (non-hydrogen) atoms. The minimum Gasteiger partial charge on any atom is -0.454 e. The normalized spacial score (nSPS) is 12.7. The van der Waals surface area contributed by atoms with Gasteiger partial charge in [-0.1, -0.05) is 24.8 Å². The van der Waals surface area contributed by atoms with Gasteiger partial charge in [0.15, 0.2) is 23.1 Å². The lowest BCUT2D eigenvalue weighted by atomic mass is 10.2. The van der Waals surface area contributed by atoms with Gasteiger partial charge in [0.05, 0.1) is 0 Å². The Labute approximate surface area is 129 Å². The summed E-state index contributed by atoms with van der Waals surface area (Å²) in [7, 11) is 0. The van der Waals surface area contributed by atoms with E-state index in [1.54, 1.807) is 25.1 Å². The molecular formula is C15H12F3NO2S. The highest BCUT2D eigenvalue weighted by Crippen LogP contribution is 2.35. The Kier molecular flexibility index (Phi) is 4.15. The van der Waals surface area contributed by atoms with Crippen LogP contribution in [0.1, 0.15) is 18.1 Å². The van der Waals surface area contributed by atoms with Crippen LogP contribution in [0, 0.1) is 17.6 Å². The summed E-state index contributed by atoms with van der Waals surface area (Å²) >= 11 is 1.01. The summed E-state index contributed by atoms with van der Waals surface area (Å²) in [6.07, 6.45) is 0.0642. The molecule has 0 amide bonds. The molecule has 2 aromatic rings. The predicted molar refractivity (Wildman–Crippen MR) is 75.6 cm³/mol. The van der Waals surface area contributed by atoms with E-state index in [4.69, 9.17) is 9.47 Å². The Balaban J connectivity index is 1.81. The van der Waals surface area contributed by atoms with Gasteiger partial charge in [-0.25, -0.2) is 13.8 Å². The number of hydrogen-bond acceptors (Lipinski definition) is 4. The van der Waals surface area contributed by atoms with Crippen LogP contribution in [0.3, 0.4) is 0 Å². The van der Waals surface area contributed by atoms with E-state index in [-0.39, 0.29) is 23.8 Å². The first kappa shape index (κ1) is 15.0. The van der Waals surface area contributed by atoms with Crippen LogP contribution in [-0.2, 0) is 12.2 Å². The van der Waals surface area contributed by atoms with Crippen LogP contribution >= 0.6 is 11.8 Å². The molecule has 0 atom stereocenters. The van der Waals surface area contributed by atoms with E-state index in [1.165, 1.54) is 0 Å². The Morgan fingerprint density at radius 3 is 2.68 bits per heavy atom. The van der Waals surface area contributed by atoms with Gasteiger partial charge in [-0.15, -0.1) is 0 Å². The molecule has 0 bridgehead atoms. The number of thioether (sulfide) groups is 1. The molecule has 3 rings (SSSR count). The molecule has 0 N–H and O–H groups in total. The standard InChI is InChI=1S/C15H12F3NO2S/c1-2-9-12(16)14(18)19-15(13(9)17)22-6-8-3-4-10-11(5-8)21-7-20-10/h3-5H,2,6-7H2,1H3. The molecule has 0 saturated carbocycles. The average molecular weight is 327 g/mol.